The van der Waals surface area contributed by atoms with Crippen LogP contribution in [-0.2, 0) is 29.1 Å². The third kappa shape index (κ3) is 10.6. The predicted molar refractivity (Wildman–Crippen MR) is 189 cm³/mol. The van der Waals surface area contributed by atoms with Gasteiger partial charge in [-0.2, -0.15) is 0 Å². The number of ether oxygens (including phenoxy) is 3. The van der Waals surface area contributed by atoms with Crippen LogP contribution in [0.1, 0.15) is 52.5 Å². The largest absolute Gasteiger partial charge is 0.491 e. The molecule has 1 aliphatic rings. The minimum Gasteiger partial charge on any atom is -0.491 e. The van der Waals surface area contributed by atoms with Crippen molar-refractivity contribution in [3.63, 3.8) is 0 Å². The number of carbonyl (C=O) groups excluding carboxylic acids is 3. The topological polar surface area (TPSA) is 190 Å². The highest BCUT2D eigenvalue weighted by atomic mass is 32.2. The summed E-state index contributed by atoms with van der Waals surface area (Å²) in [7, 11) is -2.27. The Hall–Kier alpha value is -5.38. The lowest BCUT2D eigenvalue weighted by molar-refractivity contribution is -0.143. The molecule has 2 amide bonds. The maximum absolute atomic E-state index is 13.1. The van der Waals surface area contributed by atoms with E-state index in [-0.39, 0.29) is 47.5 Å². The summed E-state index contributed by atoms with van der Waals surface area (Å²) in [4.78, 5) is 47.1. The number of aromatic nitrogens is 2. The number of hydrogen-bond donors (Lipinski definition) is 4. The molecule has 0 unspecified atom stereocenters. The van der Waals surface area contributed by atoms with Gasteiger partial charge in [0, 0.05) is 44.5 Å². The van der Waals surface area contributed by atoms with Crippen LogP contribution in [0, 0.1) is 0 Å². The fourth-order valence-corrected chi connectivity index (χ4v) is 5.75. The number of sulfonamides is 1. The first-order valence-electron chi connectivity index (χ1n) is 16.1. The summed E-state index contributed by atoms with van der Waals surface area (Å²) in [6.07, 6.45) is 3.48. The van der Waals surface area contributed by atoms with Gasteiger partial charge in [0.05, 0.1) is 34.9 Å². The van der Waals surface area contributed by atoms with Crippen molar-refractivity contribution < 1.29 is 37.0 Å². The molecule has 0 atom stereocenters. The lowest BCUT2D eigenvalue weighted by atomic mass is 10.1. The van der Waals surface area contributed by atoms with Crippen molar-refractivity contribution >= 4 is 56.6 Å². The van der Waals surface area contributed by atoms with Crippen LogP contribution >= 0.6 is 0 Å². The lowest BCUT2D eigenvalue weighted by Crippen LogP contribution is -2.35. The number of carbonyl (C=O) groups is 3. The Morgan fingerprint density at radius 2 is 1.82 bits per heavy atom. The fourth-order valence-electron chi connectivity index (χ4n) is 4.66. The second kappa shape index (κ2) is 16.8. The Balaban J connectivity index is 1.49. The van der Waals surface area contributed by atoms with E-state index in [0.29, 0.717) is 48.8 Å². The Bertz CT molecular complexity index is 1810. The van der Waals surface area contributed by atoms with Gasteiger partial charge in [-0.05, 0) is 64.8 Å². The molecule has 15 nitrogen and oxygen atoms in total. The van der Waals surface area contributed by atoms with Crippen LogP contribution in [0.15, 0.2) is 66.0 Å². The van der Waals surface area contributed by atoms with Crippen molar-refractivity contribution in [2.75, 3.05) is 54.0 Å². The van der Waals surface area contributed by atoms with Crippen molar-refractivity contribution in [2.24, 2.45) is 0 Å². The van der Waals surface area contributed by atoms with E-state index in [2.05, 4.69) is 30.6 Å². The minimum atomic E-state index is -3.93. The number of nitrogens with zero attached hydrogens (tertiary/aromatic N) is 3. The number of nitrogens with one attached hydrogen (secondary N) is 4. The summed E-state index contributed by atoms with van der Waals surface area (Å²) in [5.74, 6) is 0.211. The summed E-state index contributed by atoms with van der Waals surface area (Å²) in [6, 6.07) is 12.7. The number of benzene rings is 2. The maximum Gasteiger partial charge on any atom is 0.410 e. The van der Waals surface area contributed by atoms with E-state index in [1.165, 1.54) is 35.6 Å². The zero-order chi connectivity index (χ0) is 36.3. The molecule has 0 aliphatic carbocycles. The molecule has 0 radical (unpaired) electrons. The zero-order valence-electron chi connectivity index (χ0n) is 28.7. The van der Waals surface area contributed by atoms with E-state index in [0.717, 1.165) is 0 Å². The summed E-state index contributed by atoms with van der Waals surface area (Å²) in [5.41, 5.74) is 0.805. The molecule has 2 heterocycles. The number of anilines is 4. The van der Waals surface area contributed by atoms with Crippen molar-refractivity contribution in [3.8, 4) is 5.75 Å². The molecule has 0 bridgehead atoms. The molecule has 268 valence electrons. The Labute approximate surface area is 291 Å². The number of rotatable bonds is 16. The molecule has 0 fully saturated rings. The van der Waals surface area contributed by atoms with E-state index in [1.807, 2.05) is 0 Å². The average molecular weight is 710 g/mol. The van der Waals surface area contributed by atoms with Crippen molar-refractivity contribution in [2.45, 2.75) is 57.5 Å². The molecule has 4 N–H and O–H groups in total. The van der Waals surface area contributed by atoms with Crippen molar-refractivity contribution in [1.29, 1.82) is 0 Å². The molecule has 0 saturated heterocycles. The van der Waals surface area contributed by atoms with Gasteiger partial charge in [0.15, 0.2) is 0 Å². The van der Waals surface area contributed by atoms with Gasteiger partial charge in [0.2, 0.25) is 0 Å². The Morgan fingerprint density at radius 3 is 2.54 bits per heavy atom. The molecule has 0 spiro atoms. The molecule has 1 aromatic heterocycles. The minimum absolute atomic E-state index is 0.0767. The molecular weight excluding hydrogens is 666 g/mol. The van der Waals surface area contributed by atoms with Gasteiger partial charge < -0.3 is 35.1 Å². The van der Waals surface area contributed by atoms with Gasteiger partial charge in [-0.1, -0.05) is 18.2 Å². The Morgan fingerprint density at radius 1 is 1.06 bits per heavy atom. The van der Waals surface area contributed by atoms with Crippen LogP contribution in [0.2, 0.25) is 0 Å². The van der Waals surface area contributed by atoms with E-state index in [4.69, 9.17) is 14.2 Å². The third-order valence-corrected chi connectivity index (χ3v) is 8.39. The number of esters is 1. The molecule has 50 heavy (non-hydrogen) atoms. The quantitative estimate of drug-likeness (QED) is 0.0879. The third-order valence-electron chi connectivity index (χ3n) is 7.01. The summed E-state index contributed by atoms with van der Waals surface area (Å²) in [5, 5.41) is 9.05. The average Bonchev–Trinajstić information content (AvgIpc) is 3.39. The van der Waals surface area contributed by atoms with E-state index >= 15 is 0 Å². The molecule has 2 aromatic carbocycles. The first-order valence-corrected chi connectivity index (χ1v) is 17.6. The molecule has 0 saturated carbocycles. The van der Waals surface area contributed by atoms with E-state index < -0.39 is 27.6 Å². The molecule has 1 aliphatic heterocycles. The van der Waals surface area contributed by atoms with Gasteiger partial charge >= 0.3 is 12.1 Å². The normalized spacial score (nSPS) is 13.2. The molecule has 3 aromatic rings. The smallest absolute Gasteiger partial charge is 0.410 e. The van der Waals surface area contributed by atoms with Gasteiger partial charge in [-0.15, -0.1) is 0 Å². The van der Waals surface area contributed by atoms with Gasteiger partial charge in [0.1, 0.15) is 29.3 Å². The van der Waals surface area contributed by atoms with Crippen LogP contribution < -0.4 is 25.4 Å². The number of fused-ring (bicyclic) bond motifs is 1. The maximum atomic E-state index is 13.1. The summed E-state index contributed by atoms with van der Waals surface area (Å²) < 4.78 is 45.0. The fraction of sp³-hybridized carbons (Fsp3) is 0.382. The number of amides is 2. The number of hydrogen-bond acceptors (Lipinski definition) is 12. The van der Waals surface area contributed by atoms with Crippen molar-refractivity contribution in [1.82, 2.24) is 14.9 Å². The van der Waals surface area contributed by atoms with Gasteiger partial charge in [0.25, 0.3) is 15.9 Å². The molecule has 4 rings (SSSR count). The second-order valence-corrected chi connectivity index (χ2v) is 13.9. The first-order chi connectivity index (χ1) is 23.8. The molecule has 16 heteroatoms. The van der Waals surface area contributed by atoms with Crippen LogP contribution in [-0.4, -0.2) is 80.2 Å². The van der Waals surface area contributed by atoms with Gasteiger partial charge in [-0.3, -0.25) is 14.3 Å². The second-order valence-electron chi connectivity index (χ2n) is 12.2. The summed E-state index contributed by atoms with van der Waals surface area (Å²) in [6.45, 7) is 8.40. The lowest BCUT2D eigenvalue weighted by Gasteiger charge is -2.24. The highest BCUT2D eigenvalue weighted by Gasteiger charge is 2.29. The highest BCUT2D eigenvalue weighted by Crippen LogP contribution is 2.35. The van der Waals surface area contributed by atoms with E-state index in [9.17, 15) is 22.8 Å². The summed E-state index contributed by atoms with van der Waals surface area (Å²) >= 11 is 0. The highest BCUT2D eigenvalue weighted by molar-refractivity contribution is 7.92. The van der Waals surface area contributed by atoms with Crippen LogP contribution in [0.5, 0.6) is 5.75 Å². The monoisotopic (exact) mass is 709 g/mol. The predicted octanol–water partition coefficient (Wildman–Crippen LogP) is 5.07. The molecular formula is C34H43N7O8S. The first kappa shape index (κ1) is 37.4. The standard InChI is InChI=1S/C34H43N7O8S/c1-6-47-28(42)14-10-19-48-27-20-23(15-16-26(27)40-50(45,46)24-12-8-7-9-13-24)36-21-25-29-30(37-22-38-31(29)39-32(25)43)35-17-11-18-41(5)33(44)49-34(2,3)4/h7-9,12-13,15-16,20-22,36,40H,6,10-11,14,17-19H2,1-5H3,(H2,35,37,38,39,43)/b25-21-. The zero-order valence-corrected chi connectivity index (χ0v) is 29.6. The van der Waals surface area contributed by atoms with Gasteiger partial charge in [-0.25, -0.2) is 23.2 Å². The van der Waals surface area contributed by atoms with Crippen molar-refractivity contribution in [3.05, 3.63) is 66.6 Å². The van der Waals surface area contributed by atoms with Crippen LogP contribution in [0.25, 0.3) is 5.57 Å². The van der Waals surface area contributed by atoms with Crippen LogP contribution in [0.3, 0.4) is 0 Å². The van der Waals surface area contributed by atoms with Crippen LogP contribution in [0.4, 0.5) is 27.8 Å². The van der Waals surface area contributed by atoms with E-state index in [1.54, 1.807) is 65.1 Å². The Kier molecular flexibility index (Phi) is 12.6. The SMILES string of the molecule is CCOC(=O)CCCOc1cc(N/C=C2\C(=O)Nc3ncnc(NCCCN(C)C(=O)OC(C)(C)C)c32)ccc1NS(=O)(=O)c1ccccc1.